The van der Waals surface area contributed by atoms with Crippen LogP contribution in [0.4, 0.5) is 5.95 Å². The van der Waals surface area contributed by atoms with Gasteiger partial charge in [0.2, 0.25) is 5.95 Å². The lowest BCUT2D eigenvalue weighted by molar-refractivity contribution is 0.313. The van der Waals surface area contributed by atoms with Gasteiger partial charge in [0.05, 0.1) is 11.2 Å². The molecule has 1 aromatic carbocycles. The highest BCUT2D eigenvalue weighted by Crippen LogP contribution is 2.20. The van der Waals surface area contributed by atoms with Crippen molar-refractivity contribution in [3.63, 3.8) is 0 Å². The molecule has 3 rings (SSSR count). The van der Waals surface area contributed by atoms with Gasteiger partial charge in [0.15, 0.2) is 0 Å². The van der Waals surface area contributed by atoms with Gasteiger partial charge in [-0.3, -0.25) is 0 Å². The lowest BCUT2D eigenvalue weighted by Gasteiger charge is -2.26. The number of aromatic nitrogens is 2. The minimum Gasteiger partial charge on any atom is -0.342 e. The number of fused-ring (bicyclic) bond motifs is 1. The van der Waals surface area contributed by atoms with E-state index in [9.17, 15) is 0 Å². The zero-order valence-electron chi connectivity index (χ0n) is 12.5. The lowest BCUT2D eigenvalue weighted by Crippen LogP contribution is -2.37. The second-order valence-corrected chi connectivity index (χ2v) is 5.78. The molecule has 1 aromatic heterocycles. The topological polar surface area (TPSA) is 32.3 Å². The van der Waals surface area contributed by atoms with E-state index in [0.29, 0.717) is 6.04 Å². The molecule has 0 spiro atoms. The first kappa shape index (κ1) is 13.3. The molecule has 20 heavy (non-hydrogen) atoms. The average molecular weight is 270 g/mol. The van der Waals surface area contributed by atoms with E-state index >= 15 is 0 Å². The van der Waals surface area contributed by atoms with Crippen molar-refractivity contribution >= 4 is 16.9 Å². The van der Waals surface area contributed by atoms with Gasteiger partial charge >= 0.3 is 0 Å². The molecule has 4 nitrogen and oxygen atoms in total. The Morgan fingerprint density at radius 2 is 2.10 bits per heavy atom. The molecule has 0 unspecified atom stereocenters. The summed E-state index contributed by atoms with van der Waals surface area (Å²) < 4.78 is 0. The summed E-state index contributed by atoms with van der Waals surface area (Å²) in [6.45, 7) is 4.26. The van der Waals surface area contributed by atoms with Crippen molar-refractivity contribution in [3.05, 3.63) is 30.0 Å². The van der Waals surface area contributed by atoms with Crippen molar-refractivity contribution in [2.45, 2.75) is 25.8 Å². The highest BCUT2D eigenvalue weighted by molar-refractivity contribution is 5.81. The highest BCUT2D eigenvalue weighted by atomic mass is 15.3. The predicted octanol–water partition coefficient (Wildman–Crippen LogP) is 2.47. The summed E-state index contributed by atoms with van der Waals surface area (Å²) in [5.74, 6) is 0.835. The Balaban J connectivity index is 1.85. The van der Waals surface area contributed by atoms with E-state index in [2.05, 4.69) is 47.9 Å². The number of nitrogens with zero attached hydrogens (tertiary/aromatic N) is 4. The number of likely N-dealkylation sites (N-methyl/N-ethyl adjacent to an activating group) is 2. The van der Waals surface area contributed by atoms with Crippen molar-refractivity contribution in [2.24, 2.45) is 0 Å². The summed E-state index contributed by atoms with van der Waals surface area (Å²) in [6, 6.07) is 8.83. The molecule has 1 aliphatic rings. The van der Waals surface area contributed by atoms with Gasteiger partial charge in [0, 0.05) is 25.0 Å². The molecule has 4 heteroatoms. The number of para-hydroxylation sites is 1. The Hall–Kier alpha value is -1.68. The zero-order chi connectivity index (χ0) is 14.1. The van der Waals surface area contributed by atoms with Gasteiger partial charge in [-0.25, -0.2) is 9.97 Å². The van der Waals surface area contributed by atoms with E-state index in [1.54, 1.807) is 0 Å². The second kappa shape index (κ2) is 5.37. The first-order chi connectivity index (χ1) is 9.65. The standard InChI is InChI=1S/C16H22N4/c1-12-14-8-4-5-9-15(14)18-16(17-12)20(3)11-13-7-6-10-19(13)2/h4-5,8-9,13H,6-7,10-11H2,1-3H3/t13-/m0/s1. The fourth-order valence-corrected chi connectivity index (χ4v) is 3.00. The maximum Gasteiger partial charge on any atom is 0.225 e. The lowest BCUT2D eigenvalue weighted by atomic mass is 10.2. The number of benzene rings is 1. The Morgan fingerprint density at radius 1 is 1.30 bits per heavy atom. The molecule has 0 amide bonds. The van der Waals surface area contributed by atoms with Crippen LogP contribution in [0.15, 0.2) is 24.3 Å². The minimum absolute atomic E-state index is 0.621. The third-order valence-corrected chi connectivity index (χ3v) is 4.28. The van der Waals surface area contributed by atoms with Gasteiger partial charge in [0.1, 0.15) is 0 Å². The molecule has 0 bridgehead atoms. The van der Waals surface area contributed by atoms with E-state index in [4.69, 9.17) is 4.98 Å². The molecule has 0 radical (unpaired) electrons. The largest absolute Gasteiger partial charge is 0.342 e. The van der Waals surface area contributed by atoms with Crippen molar-refractivity contribution in [3.8, 4) is 0 Å². The highest BCUT2D eigenvalue weighted by Gasteiger charge is 2.23. The van der Waals surface area contributed by atoms with Crippen LogP contribution in [0.5, 0.6) is 0 Å². The van der Waals surface area contributed by atoms with Crippen LogP contribution in [0.25, 0.3) is 10.9 Å². The van der Waals surface area contributed by atoms with Crippen molar-refractivity contribution in [1.82, 2.24) is 14.9 Å². The average Bonchev–Trinajstić information content (AvgIpc) is 2.84. The van der Waals surface area contributed by atoms with E-state index in [1.807, 2.05) is 12.1 Å². The van der Waals surface area contributed by atoms with E-state index < -0.39 is 0 Å². The molecule has 2 heterocycles. The van der Waals surface area contributed by atoms with E-state index in [1.165, 1.54) is 19.4 Å². The van der Waals surface area contributed by atoms with Crippen LogP contribution < -0.4 is 4.90 Å². The van der Waals surface area contributed by atoms with Crippen LogP contribution in [-0.2, 0) is 0 Å². The first-order valence-corrected chi connectivity index (χ1v) is 7.30. The number of aryl methyl sites for hydroxylation is 1. The molecular weight excluding hydrogens is 248 g/mol. The Kier molecular flexibility index (Phi) is 3.57. The fourth-order valence-electron chi connectivity index (χ4n) is 3.00. The fraction of sp³-hybridized carbons (Fsp3) is 0.500. The number of rotatable bonds is 3. The molecule has 1 saturated heterocycles. The predicted molar refractivity (Wildman–Crippen MR) is 83.2 cm³/mol. The van der Waals surface area contributed by atoms with Crippen LogP contribution in [0, 0.1) is 6.92 Å². The summed E-state index contributed by atoms with van der Waals surface area (Å²) >= 11 is 0. The Bertz CT molecular complexity index is 610. The molecule has 106 valence electrons. The van der Waals surface area contributed by atoms with Crippen molar-refractivity contribution in [1.29, 1.82) is 0 Å². The van der Waals surface area contributed by atoms with Crippen molar-refractivity contribution < 1.29 is 0 Å². The minimum atomic E-state index is 0.621. The molecule has 0 N–H and O–H groups in total. The van der Waals surface area contributed by atoms with Gasteiger partial charge in [-0.15, -0.1) is 0 Å². The Labute approximate surface area is 120 Å². The molecule has 0 saturated carbocycles. The zero-order valence-corrected chi connectivity index (χ0v) is 12.5. The first-order valence-electron chi connectivity index (χ1n) is 7.30. The molecular formula is C16H22N4. The molecule has 2 aromatic rings. The summed E-state index contributed by atoms with van der Waals surface area (Å²) in [4.78, 5) is 14.0. The molecule has 1 aliphatic heterocycles. The van der Waals surface area contributed by atoms with E-state index in [-0.39, 0.29) is 0 Å². The Morgan fingerprint density at radius 3 is 2.85 bits per heavy atom. The van der Waals surface area contributed by atoms with Crippen molar-refractivity contribution in [2.75, 3.05) is 32.1 Å². The third kappa shape index (κ3) is 2.48. The maximum atomic E-state index is 4.70. The van der Waals surface area contributed by atoms with Gasteiger partial charge in [-0.1, -0.05) is 18.2 Å². The second-order valence-electron chi connectivity index (χ2n) is 5.78. The number of anilines is 1. The summed E-state index contributed by atoms with van der Waals surface area (Å²) in [7, 11) is 4.30. The van der Waals surface area contributed by atoms with Crippen LogP contribution in [0.3, 0.4) is 0 Å². The number of likely N-dealkylation sites (tertiary alicyclic amines) is 1. The van der Waals surface area contributed by atoms with Crippen LogP contribution in [0.1, 0.15) is 18.5 Å². The third-order valence-electron chi connectivity index (χ3n) is 4.28. The molecule has 1 fully saturated rings. The van der Waals surface area contributed by atoms with Crippen LogP contribution >= 0.6 is 0 Å². The van der Waals surface area contributed by atoms with Gasteiger partial charge in [-0.2, -0.15) is 0 Å². The summed E-state index contributed by atoms with van der Waals surface area (Å²) in [6.07, 6.45) is 2.57. The van der Waals surface area contributed by atoms with E-state index in [0.717, 1.165) is 29.1 Å². The number of hydrogen-bond acceptors (Lipinski definition) is 4. The van der Waals surface area contributed by atoms with Gasteiger partial charge < -0.3 is 9.80 Å². The number of hydrogen-bond donors (Lipinski definition) is 0. The monoisotopic (exact) mass is 270 g/mol. The van der Waals surface area contributed by atoms with Crippen LogP contribution in [-0.4, -0.2) is 48.1 Å². The van der Waals surface area contributed by atoms with Gasteiger partial charge in [-0.05, 0) is 39.4 Å². The summed E-state index contributed by atoms with van der Waals surface area (Å²) in [5.41, 5.74) is 2.08. The summed E-state index contributed by atoms with van der Waals surface area (Å²) in [5, 5.41) is 1.14. The molecule has 0 aliphatic carbocycles. The van der Waals surface area contributed by atoms with Crippen LogP contribution in [0.2, 0.25) is 0 Å². The quantitative estimate of drug-likeness (QED) is 0.857. The smallest absolute Gasteiger partial charge is 0.225 e. The maximum absolute atomic E-state index is 4.70. The van der Waals surface area contributed by atoms with Gasteiger partial charge in [0.25, 0.3) is 0 Å². The SMILES string of the molecule is Cc1nc(N(C)C[C@@H]2CCCN2C)nc2ccccc12. The molecule has 1 atom stereocenters. The normalized spacial score (nSPS) is 19.6.